The van der Waals surface area contributed by atoms with Crippen LogP contribution in [0, 0.1) is 5.92 Å². The first-order valence-corrected chi connectivity index (χ1v) is 7.07. The summed E-state index contributed by atoms with van der Waals surface area (Å²) in [4.78, 5) is 0. The smallest absolute Gasteiger partial charge is 0.0447 e. The van der Waals surface area contributed by atoms with Crippen LogP contribution in [0.1, 0.15) is 64.2 Å². The van der Waals surface area contributed by atoms with Crippen molar-refractivity contribution in [2.45, 2.75) is 70.3 Å². The van der Waals surface area contributed by atoms with Crippen LogP contribution in [-0.2, 0) is 0 Å². The Morgan fingerprint density at radius 1 is 1.06 bits per heavy atom. The molecule has 92 valence electrons. The summed E-state index contributed by atoms with van der Waals surface area (Å²) in [6.45, 7) is 0. The molecule has 0 radical (unpaired) electrons. The highest BCUT2D eigenvalue weighted by atomic mass is 15.2. The second-order valence-corrected chi connectivity index (χ2v) is 5.42. The molecule has 2 heteroatoms. The van der Waals surface area contributed by atoms with E-state index in [4.69, 9.17) is 5.84 Å². The van der Waals surface area contributed by atoms with Gasteiger partial charge in [0, 0.05) is 6.04 Å². The number of nitrogens with one attached hydrogen (secondary N) is 1. The monoisotopic (exact) mass is 222 g/mol. The van der Waals surface area contributed by atoms with E-state index in [1.54, 1.807) is 5.57 Å². The highest BCUT2D eigenvalue weighted by molar-refractivity contribution is 5.13. The van der Waals surface area contributed by atoms with Crippen LogP contribution in [0.5, 0.6) is 0 Å². The molecule has 16 heavy (non-hydrogen) atoms. The lowest BCUT2D eigenvalue weighted by Gasteiger charge is -2.31. The first-order chi connectivity index (χ1) is 7.92. The maximum Gasteiger partial charge on any atom is 0.0447 e. The van der Waals surface area contributed by atoms with Gasteiger partial charge in [0.05, 0.1) is 0 Å². The van der Waals surface area contributed by atoms with Gasteiger partial charge in [-0.05, 0) is 44.4 Å². The fourth-order valence-electron chi connectivity index (χ4n) is 3.34. The molecular weight excluding hydrogens is 196 g/mol. The van der Waals surface area contributed by atoms with Gasteiger partial charge in [0.25, 0.3) is 0 Å². The van der Waals surface area contributed by atoms with Crippen LogP contribution >= 0.6 is 0 Å². The number of hydrogen-bond acceptors (Lipinski definition) is 2. The van der Waals surface area contributed by atoms with Crippen LogP contribution in [-0.4, -0.2) is 6.04 Å². The van der Waals surface area contributed by atoms with Crippen LogP contribution in [0.3, 0.4) is 0 Å². The van der Waals surface area contributed by atoms with E-state index in [0.29, 0.717) is 6.04 Å². The van der Waals surface area contributed by atoms with Gasteiger partial charge in [-0.2, -0.15) is 0 Å². The molecule has 0 spiro atoms. The van der Waals surface area contributed by atoms with E-state index in [1.807, 2.05) is 0 Å². The van der Waals surface area contributed by atoms with E-state index in [2.05, 4.69) is 11.5 Å². The molecule has 2 rings (SSSR count). The lowest BCUT2D eigenvalue weighted by atomic mass is 9.80. The molecule has 0 heterocycles. The van der Waals surface area contributed by atoms with Crippen molar-refractivity contribution < 1.29 is 0 Å². The van der Waals surface area contributed by atoms with Crippen LogP contribution in [0.2, 0.25) is 0 Å². The van der Waals surface area contributed by atoms with Gasteiger partial charge in [-0.3, -0.25) is 11.3 Å². The Morgan fingerprint density at radius 2 is 1.81 bits per heavy atom. The number of allylic oxidation sites excluding steroid dienone is 1. The Labute approximate surface area is 99.6 Å². The van der Waals surface area contributed by atoms with Crippen molar-refractivity contribution in [2.75, 3.05) is 0 Å². The van der Waals surface area contributed by atoms with E-state index in [9.17, 15) is 0 Å². The zero-order valence-corrected chi connectivity index (χ0v) is 10.4. The van der Waals surface area contributed by atoms with Crippen molar-refractivity contribution in [1.82, 2.24) is 5.43 Å². The van der Waals surface area contributed by atoms with Crippen LogP contribution in [0.15, 0.2) is 11.6 Å². The highest BCUT2D eigenvalue weighted by Gasteiger charge is 2.25. The van der Waals surface area contributed by atoms with Gasteiger partial charge in [-0.1, -0.05) is 37.3 Å². The van der Waals surface area contributed by atoms with Gasteiger partial charge in [-0.25, -0.2) is 0 Å². The Balaban J connectivity index is 1.98. The summed E-state index contributed by atoms with van der Waals surface area (Å²) in [5.41, 5.74) is 4.70. The number of hydrogen-bond donors (Lipinski definition) is 2. The van der Waals surface area contributed by atoms with Gasteiger partial charge in [-0.15, -0.1) is 0 Å². The van der Waals surface area contributed by atoms with Crippen molar-refractivity contribution >= 4 is 0 Å². The van der Waals surface area contributed by atoms with E-state index in [0.717, 1.165) is 5.92 Å². The normalized spacial score (nSPS) is 25.9. The third kappa shape index (κ3) is 3.08. The predicted molar refractivity (Wildman–Crippen MR) is 68.9 cm³/mol. The summed E-state index contributed by atoms with van der Waals surface area (Å²) in [7, 11) is 0. The largest absolute Gasteiger partial charge is 0.271 e. The molecule has 0 saturated heterocycles. The number of nitrogens with two attached hydrogens (primary N) is 1. The summed E-state index contributed by atoms with van der Waals surface area (Å²) in [5, 5.41) is 0. The fraction of sp³-hybridized carbons (Fsp3) is 0.857. The second-order valence-electron chi connectivity index (χ2n) is 5.42. The zero-order chi connectivity index (χ0) is 11.2. The standard InChI is InChI=1S/C14H26N2/c15-16-14(13-10-6-3-7-11-13)12-8-4-1-2-5-9-12/h8,13-14,16H,1-7,9-11,15H2. The maximum atomic E-state index is 5.79. The van der Waals surface area contributed by atoms with Crippen LogP contribution in [0.4, 0.5) is 0 Å². The van der Waals surface area contributed by atoms with E-state index >= 15 is 0 Å². The maximum absolute atomic E-state index is 5.79. The molecule has 1 fully saturated rings. The minimum absolute atomic E-state index is 0.471. The zero-order valence-electron chi connectivity index (χ0n) is 10.4. The van der Waals surface area contributed by atoms with E-state index in [1.165, 1.54) is 64.2 Å². The van der Waals surface area contributed by atoms with Crippen LogP contribution in [0.25, 0.3) is 0 Å². The van der Waals surface area contributed by atoms with Gasteiger partial charge in [0.1, 0.15) is 0 Å². The third-order valence-electron chi connectivity index (χ3n) is 4.28. The van der Waals surface area contributed by atoms with Gasteiger partial charge >= 0.3 is 0 Å². The predicted octanol–water partition coefficient (Wildman–Crippen LogP) is 3.29. The molecule has 2 nitrogen and oxygen atoms in total. The average molecular weight is 222 g/mol. The SMILES string of the molecule is NNC(C1=CCCCCC1)C1CCCCC1. The van der Waals surface area contributed by atoms with Crippen LogP contribution < -0.4 is 11.3 Å². The summed E-state index contributed by atoms with van der Waals surface area (Å²) in [6, 6.07) is 0.471. The summed E-state index contributed by atoms with van der Waals surface area (Å²) >= 11 is 0. The summed E-state index contributed by atoms with van der Waals surface area (Å²) in [5.74, 6) is 6.59. The van der Waals surface area contributed by atoms with Gasteiger partial charge in [0.2, 0.25) is 0 Å². The summed E-state index contributed by atoms with van der Waals surface area (Å²) in [6.07, 6.45) is 16.1. The Bertz CT molecular complexity index is 229. The minimum atomic E-state index is 0.471. The summed E-state index contributed by atoms with van der Waals surface area (Å²) < 4.78 is 0. The third-order valence-corrected chi connectivity index (χ3v) is 4.28. The topological polar surface area (TPSA) is 38.0 Å². The van der Waals surface area contributed by atoms with Crippen molar-refractivity contribution in [2.24, 2.45) is 11.8 Å². The molecule has 1 saturated carbocycles. The molecule has 2 aliphatic rings. The molecule has 0 aromatic heterocycles. The first kappa shape index (κ1) is 12.1. The molecular formula is C14H26N2. The van der Waals surface area contributed by atoms with Gasteiger partial charge < -0.3 is 0 Å². The molecule has 1 atom stereocenters. The second kappa shape index (κ2) is 6.41. The lowest BCUT2D eigenvalue weighted by molar-refractivity contribution is 0.290. The Kier molecular flexibility index (Phi) is 4.86. The Hall–Kier alpha value is -0.340. The Morgan fingerprint density at radius 3 is 2.56 bits per heavy atom. The van der Waals surface area contributed by atoms with Gasteiger partial charge in [0.15, 0.2) is 0 Å². The van der Waals surface area contributed by atoms with Crippen molar-refractivity contribution in [1.29, 1.82) is 0 Å². The number of rotatable bonds is 3. The van der Waals surface area contributed by atoms with E-state index in [-0.39, 0.29) is 0 Å². The van der Waals surface area contributed by atoms with Crippen molar-refractivity contribution in [3.63, 3.8) is 0 Å². The lowest BCUT2D eigenvalue weighted by Crippen LogP contribution is -2.43. The average Bonchev–Trinajstić information content (AvgIpc) is 2.61. The molecule has 0 aromatic rings. The molecule has 0 aliphatic heterocycles. The highest BCUT2D eigenvalue weighted by Crippen LogP contribution is 2.32. The van der Waals surface area contributed by atoms with E-state index < -0.39 is 0 Å². The molecule has 0 aromatic carbocycles. The quantitative estimate of drug-likeness (QED) is 0.437. The molecule has 2 aliphatic carbocycles. The minimum Gasteiger partial charge on any atom is -0.271 e. The van der Waals surface area contributed by atoms with Crippen molar-refractivity contribution in [3.05, 3.63) is 11.6 Å². The molecule has 1 unspecified atom stereocenters. The number of hydrazine groups is 1. The molecule has 0 bridgehead atoms. The fourth-order valence-corrected chi connectivity index (χ4v) is 3.34. The molecule has 0 amide bonds. The van der Waals surface area contributed by atoms with Crippen molar-refractivity contribution in [3.8, 4) is 0 Å². The molecule has 3 N–H and O–H groups in total. The first-order valence-electron chi connectivity index (χ1n) is 7.07.